The van der Waals surface area contributed by atoms with Gasteiger partial charge in [0.1, 0.15) is 0 Å². The van der Waals surface area contributed by atoms with Crippen LogP contribution in [0.15, 0.2) is 43.0 Å². The number of nitrogens with one attached hydrogen (secondary N) is 2. The highest BCUT2D eigenvalue weighted by Gasteiger charge is 2.13. The molecule has 7 nitrogen and oxygen atoms in total. The Kier molecular flexibility index (Phi) is 4.18. The Labute approximate surface area is 166 Å². The quantitative estimate of drug-likeness (QED) is 0.556. The van der Waals surface area contributed by atoms with Crippen LogP contribution in [0, 0.1) is 0 Å². The van der Waals surface area contributed by atoms with Crippen molar-refractivity contribution in [1.29, 1.82) is 0 Å². The molecule has 0 saturated carbocycles. The van der Waals surface area contributed by atoms with Gasteiger partial charge in [-0.2, -0.15) is 0 Å². The standard InChI is InChI=1S/C20H18ClN7/c1-28-11-25-17-7-12(2-3-18(17)28)19-15(21)10-24-20(27-19)26-14-6-13-8-22-5-4-16(13)23-9-14/h2-3,6-7,9-11,22H,4-5,8H2,1H3,(H,24,26,27). The second kappa shape index (κ2) is 6.85. The molecule has 0 amide bonds. The summed E-state index contributed by atoms with van der Waals surface area (Å²) in [5, 5.41) is 7.10. The van der Waals surface area contributed by atoms with E-state index in [-0.39, 0.29) is 0 Å². The van der Waals surface area contributed by atoms with Gasteiger partial charge in [-0.25, -0.2) is 15.0 Å². The highest BCUT2D eigenvalue weighted by atomic mass is 35.5. The average Bonchev–Trinajstić information content (AvgIpc) is 3.09. The van der Waals surface area contributed by atoms with Gasteiger partial charge in [-0.1, -0.05) is 17.7 Å². The van der Waals surface area contributed by atoms with Gasteiger partial charge in [0.05, 0.1) is 46.2 Å². The molecule has 0 aliphatic carbocycles. The fourth-order valence-corrected chi connectivity index (χ4v) is 3.66. The fourth-order valence-electron chi connectivity index (χ4n) is 3.46. The molecular formula is C20H18ClN7. The Bertz CT molecular complexity index is 1180. The largest absolute Gasteiger partial charge is 0.334 e. The third-order valence-electron chi connectivity index (χ3n) is 4.91. The normalized spacial score (nSPS) is 13.5. The highest BCUT2D eigenvalue weighted by molar-refractivity contribution is 6.33. The molecule has 140 valence electrons. The molecule has 0 radical (unpaired) electrons. The van der Waals surface area contributed by atoms with Gasteiger partial charge in [-0.15, -0.1) is 0 Å². The van der Waals surface area contributed by atoms with Crippen LogP contribution in [-0.4, -0.2) is 31.0 Å². The lowest BCUT2D eigenvalue weighted by Gasteiger charge is -2.17. The topological polar surface area (TPSA) is 80.5 Å². The van der Waals surface area contributed by atoms with Crippen molar-refractivity contribution in [3.63, 3.8) is 0 Å². The van der Waals surface area contributed by atoms with E-state index >= 15 is 0 Å². The van der Waals surface area contributed by atoms with Crippen LogP contribution in [0.5, 0.6) is 0 Å². The molecule has 0 spiro atoms. The van der Waals surface area contributed by atoms with Crippen molar-refractivity contribution in [2.24, 2.45) is 7.05 Å². The maximum absolute atomic E-state index is 6.39. The van der Waals surface area contributed by atoms with Gasteiger partial charge in [0.15, 0.2) is 0 Å². The molecule has 3 aromatic heterocycles. The minimum Gasteiger partial charge on any atom is -0.334 e. The van der Waals surface area contributed by atoms with Crippen LogP contribution >= 0.6 is 11.6 Å². The lowest BCUT2D eigenvalue weighted by atomic mass is 10.1. The van der Waals surface area contributed by atoms with Crippen LogP contribution in [-0.2, 0) is 20.0 Å². The third-order valence-corrected chi connectivity index (χ3v) is 5.19. The second-order valence-electron chi connectivity index (χ2n) is 6.83. The van der Waals surface area contributed by atoms with Gasteiger partial charge in [0, 0.05) is 37.8 Å². The highest BCUT2D eigenvalue weighted by Crippen LogP contribution is 2.29. The zero-order chi connectivity index (χ0) is 19.1. The molecule has 0 atom stereocenters. The molecule has 0 bridgehead atoms. The molecule has 1 aliphatic heterocycles. The van der Waals surface area contributed by atoms with Crippen molar-refractivity contribution >= 4 is 34.3 Å². The summed E-state index contributed by atoms with van der Waals surface area (Å²) in [5.74, 6) is 0.478. The molecule has 1 aliphatic rings. The smallest absolute Gasteiger partial charge is 0.227 e. The van der Waals surface area contributed by atoms with E-state index in [9.17, 15) is 0 Å². The van der Waals surface area contributed by atoms with Gasteiger partial charge >= 0.3 is 0 Å². The first-order valence-corrected chi connectivity index (χ1v) is 9.45. The van der Waals surface area contributed by atoms with E-state index in [1.165, 1.54) is 5.56 Å². The van der Waals surface area contributed by atoms with Crippen LogP contribution in [0.1, 0.15) is 11.3 Å². The summed E-state index contributed by atoms with van der Waals surface area (Å²) >= 11 is 6.39. The molecule has 28 heavy (non-hydrogen) atoms. The van der Waals surface area contributed by atoms with E-state index in [2.05, 4.69) is 36.6 Å². The first-order chi connectivity index (χ1) is 13.7. The average molecular weight is 392 g/mol. The lowest BCUT2D eigenvalue weighted by Crippen LogP contribution is -2.24. The van der Waals surface area contributed by atoms with Crippen molar-refractivity contribution in [1.82, 2.24) is 29.8 Å². The van der Waals surface area contributed by atoms with Crippen LogP contribution < -0.4 is 10.6 Å². The number of anilines is 2. The number of aromatic nitrogens is 5. The maximum Gasteiger partial charge on any atom is 0.227 e. The Morgan fingerprint density at radius 3 is 3.00 bits per heavy atom. The molecule has 0 saturated heterocycles. The summed E-state index contributed by atoms with van der Waals surface area (Å²) < 4.78 is 1.98. The molecule has 1 aromatic carbocycles. The van der Waals surface area contributed by atoms with Crippen LogP contribution in [0.25, 0.3) is 22.3 Å². The summed E-state index contributed by atoms with van der Waals surface area (Å²) in [5.41, 5.74) is 6.72. The number of benzene rings is 1. The lowest BCUT2D eigenvalue weighted by molar-refractivity contribution is 0.630. The molecule has 8 heteroatoms. The van der Waals surface area contributed by atoms with Crippen LogP contribution in [0.3, 0.4) is 0 Å². The van der Waals surface area contributed by atoms with E-state index in [4.69, 9.17) is 11.6 Å². The van der Waals surface area contributed by atoms with Gasteiger partial charge in [0.25, 0.3) is 0 Å². The number of pyridine rings is 1. The molecule has 0 unspecified atom stereocenters. The van der Waals surface area contributed by atoms with Gasteiger partial charge in [0.2, 0.25) is 5.95 Å². The number of rotatable bonds is 3. The minimum atomic E-state index is 0.478. The van der Waals surface area contributed by atoms with Crippen molar-refractivity contribution in [3.05, 3.63) is 59.3 Å². The molecule has 5 rings (SSSR count). The predicted molar refractivity (Wildman–Crippen MR) is 110 cm³/mol. The monoisotopic (exact) mass is 391 g/mol. The summed E-state index contributed by atoms with van der Waals surface area (Å²) in [7, 11) is 1.97. The summed E-state index contributed by atoms with van der Waals surface area (Å²) in [6.07, 6.45) is 6.18. The van der Waals surface area contributed by atoms with Crippen molar-refractivity contribution in [2.75, 3.05) is 11.9 Å². The van der Waals surface area contributed by atoms with Crippen LogP contribution in [0.2, 0.25) is 5.02 Å². The zero-order valence-corrected chi connectivity index (χ0v) is 16.0. The number of imidazole rings is 1. The first kappa shape index (κ1) is 17.1. The Hall–Kier alpha value is -3.03. The SMILES string of the molecule is Cn1cnc2cc(-c3nc(Nc4cnc5c(c4)CNCC5)ncc3Cl)ccc21. The number of nitrogens with zero attached hydrogens (tertiary/aromatic N) is 5. The van der Waals surface area contributed by atoms with Gasteiger partial charge in [-0.05, 0) is 23.8 Å². The number of hydrogen-bond acceptors (Lipinski definition) is 6. The molecule has 4 heterocycles. The zero-order valence-electron chi connectivity index (χ0n) is 15.3. The molecule has 4 aromatic rings. The summed E-state index contributed by atoms with van der Waals surface area (Å²) in [6.45, 7) is 1.80. The Morgan fingerprint density at radius 2 is 2.07 bits per heavy atom. The van der Waals surface area contributed by atoms with Crippen molar-refractivity contribution < 1.29 is 0 Å². The third kappa shape index (κ3) is 3.08. The Balaban J connectivity index is 1.48. The second-order valence-corrected chi connectivity index (χ2v) is 7.24. The summed E-state index contributed by atoms with van der Waals surface area (Å²) in [6, 6.07) is 8.09. The number of halogens is 1. The number of fused-ring (bicyclic) bond motifs is 2. The maximum atomic E-state index is 6.39. The van der Waals surface area contributed by atoms with Crippen molar-refractivity contribution in [3.8, 4) is 11.3 Å². The summed E-state index contributed by atoms with van der Waals surface area (Å²) in [4.78, 5) is 17.9. The minimum absolute atomic E-state index is 0.478. The van der Waals surface area contributed by atoms with Crippen LogP contribution in [0.4, 0.5) is 11.6 Å². The van der Waals surface area contributed by atoms with Crippen molar-refractivity contribution in [2.45, 2.75) is 13.0 Å². The molecule has 0 fully saturated rings. The van der Waals surface area contributed by atoms with E-state index < -0.39 is 0 Å². The number of aryl methyl sites for hydroxylation is 1. The fraction of sp³-hybridized carbons (Fsp3) is 0.200. The Morgan fingerprint density at radius 1 is 1.14 bits per heavy atom. The van der Waals surface area contributed by atoms with E-state index in [1.807, 2.05) is 36.0 Å². The van der Waals surface area contributed by atoms with Gasteiger partial charge < -0.3 is 15.2 Å². The molecular weight excluding hydrogens is 374 g/mol. The first-order valence-electron chi connectivity index (χ1n) is 9.07. The predicted octanol–water partition coefficient (Wildman–Crippen LogP) is 3.47. The van der Waals surface area contributed by atoms with E-state index in [1.54, 1.807) is 12.5 Å². The molecule has 2 N–H and O–H groups in total. The van der Waals surface area contributed by atoms with E-state index in [0.717, 1.165) is 47.5 Å². The number of hydrogen-bond donors (Lipinski definition) is 2. The van der Waals surface area contributed by atoms with Gasteiger partial charge in [-0.3, -0.25) is 4.98 Å². The van der Waals surface area contributed by atoms with E-state index in [0.29, 0.717) is 16.7 Å².